The van der Waals surface area contributed by atoms with Crippen LogP contribution in [0, 0.1) is 3.57 Å². The number of nitrogens with zero attached hydrogens (tertiary/aromatic N) is 1. The van der Waals surface area contributed by atoms with Gasteiger partial charge in [-0.05, 0) is 34.2 Å². The van der Waals surface area contributed by atoms with E-state index in [1.807, 2.05) is 0 Å². The number of aliphatic carboxylic acids is 1. The minimum Gasteiger partial charge on any atom is -0.480 e. The fraction of sp³-hybridized carbons (Fsp3) is 0.250. The van der Waals surface area contributed by atoms with Crippen LogP contribution < -0.4 is 11.5 Å². The number of aromatic nitrogens is 1. The van der Waals surface area contributed by atoms with Gasteiger partial charge in [-0.15, -0.1) is 0 Å². The van der Waals surface area contributed by atoms with E-state index in [1.54, 1.807) is 12.3 Å². The monoisotopic (exact) mass is 307 g/mol. The number of carboxylic acid groups (broad SMARTS) is 1. The van der Waals surface area contributed by atoms with Crippen molar-refractivity contribution in [3.05, 3.63) is 21.4 Å². The second-order valence-electron chi connectivity index (χ2n) is 2.85. The molecule has 0 saturated carbocycles. The Labute approximate surface area is 94.6 Å². The summed E-state index contributed by atoms with van der Waals surface area (Å²) < 4.78 is 0.907. The molecule has 1 rings (SSSR count). The van der Waals surface area contributed by atoms with Gasteiger partial charge < -0.3 is 16.6 Å². The Hall–Kier alpha value is -0.890. The minimum absolute atomic E-state index is 0.199. The molecule has 0 fully saturated rings. The summed E-state index contributed by atoms with van der Waals surface area (Å²) in [5.74, 6) is -0.703. The van der Waals surface area contributed by atoms with Crippen molar-refractivity contribution < 1.29 is 9.90 Å². The standard InChI is InChI=1S/C8H10IN3O2/c9-5-1-4(7(11)12-3-5)2-6(10)8(13)14/h1,3,6H,2,10H2,(H2,11,12)(H,13,14). The highest BCUT2D eigenvalue weighted by molar-refractivity contribution is 14.1. The largest absolute Gasteiger partial charge is 0.480 e. The van der Waals surface area contributed by atoms with E-state index >= 15 is 0 Å². The first-order valence-electron chi connectivity index (χ1n) is 3.89. The Morgan fingerprint density at radius 2 is 2.36 bits per heavy atom. The van der Waals surface area contributed by atoms with Gasteiger partial charge in [-0.25, -0.2) is 4.98 Å². The van der Waals surface area contributed by atoms with Gasteiger partial charge in [-0.3, -0.25) is 4.79 Å². The maximum atomic E-state index is 10.5. The van der Waals surface area contributed by atoms with Crippen LogP contribution in [0.5, 0.6) is 0 Å². The third-order valence-electron chi connectivity index (χ3n) is 1.73. The molecule has 1 unspecified atom stereocenters. The van der Waals surface area contributed by atoms with Crippen molar-refractivity contribution in [2.24, 2.45) is 5.73 Å². The van der Waals surface area contributed by atoms with Crippen molar-refractivity contribution in [2.75, 3.05) is 5.73 Å². The summed E-state index contributed by atoms with van der Waals surface area (Å²) in [5.41, 5.74) is 11.6. The highest BCUT2D eigenvalue weighted by atomic mass is 127. The molecule has 0 aliphatic heterocycles. The number of rotatable bonds is 3. The Kier molecular flexibility index (Phi) is 3.64. The van der Waals surface area contributed by atoms with Crippen LogP contribution in [0.15, 0.2) is 12.3 Å². The predicted molar refractivity (Wildman–Crippen MR) is 60.7 cm³/mol. The number of nitrogen functional groups attached to an aromatic ring is 1. The normalized spacial score (nSPS) is 12.4. The second-order valence-corrected chi connectivity index (χ2v) is 4.09. The van der Waals surface area contributed by atoms with Gasteiger partial charge in [0.15, 0.2) is 0 Å². The van der Waals surface area contributed by atoms with E-state index < -0.39 is 12.0 Å². The van der Waals surface area contributed by atoms with Gasteiger partial charge in [-0.1, -0.05) is 0 Å². The maximum Gasteiger partial charge on any atom is 0.320 e. The van der Waals surface area contributed by atoms with Crippen LogP contribution in [-0.2, 0) is 11.2 Å². The van der Waals surface area contributed by atoms with Crippen LogP contribution in [0.3, 0.4) is 0 Å². The molecule has 0 aromatic carbocycles. The van der Waals surface area contributed by atoms with Gasteiger partial charge in [0.05, 0.1) is 0 Å². The topological polar surface area (TPSA) is 102 Å². The molecule has 76 valence electrons. The van der Waals surface area contributed by atoms with E-state index in [0.717, 1.165) is 3.57 Å². The first-order chi connectivity index (χ1) is 6.50. The molecule has 0 bridgehead atoms. The van der Waals surface area contributed by atoms with Crippen LogP contribution in [0.4, 0.5) is 5.82 Å². The zero-order valence-electron chi connectivity index (χ0n) is 7.27. The van der Waals surface area contributed by atoms with Gasteiger partial charge in [-0.2, -0.15) is 0 Å². The average molecular weight is 307 g/mol. The molecule has 5 N–H and O–H groups in total. The second kappa shape index (κ2) is 4.56. The van der Waals surface area contributed by atoms with E-state index in [0.29, 0.717) is 11.4 Å². The number of pyridine rings is 1. The van der Waals surface area contributed by atoms with Gasteiger partial charge >= 0.3 is 5.97 Å². The zero-order chi connectivity index (χ0) is 10.7. The van der Waals surface area contributed by atoms with Crippen molar-refractivity contribution in [2.45, 2.75) is 12.5 Å². The molecular formula is C8H10IN3O2. The summed E-state index contributed by atoms with van der Waals surface area (Å²) in [7, 11) is 0. The molecular weight excluding hydrogens is 297 g/mol. The molecule has 1 heterocycles. The molecule has 1 aromatic heterocycles. The minimum atomic E-state index is -1.04. The van der Waals surface area contributed by atoms with Crippen LogP contribution in [0.1, 0.15) is 5.56 Å². The van der Waals surface area contributed by atoms with Gasteiger partial charge in [0.2, 0.25) is 0 Å². The highest BCUT2D eigenvalue weighted by Crippen LogP contribution is 2.14. The molecule has 0 saturated heterocycles. The lowest BCUT2D eigenvalue weighted by atomic mass is 10.1. The molecule has 6 heteroatoms. The maximum absolute atomic E-state index is 10.5. The highest BCUT2D eigenvalue weighted by Gasteiger charge is 2.14. The summed E-state index contributed by atoms with van der Waals surface area (Å²) in [4.78, 5) is 14.4. The average Bonchev–Trinajstić information content (AvgIpc) is 2.11. The first-order valence-corrected chi connectivity index (χ1v) is 4.97. The Balaban J connectivity index is 2.85. The fourth-order valence-corrected chi connectivity index (χ4v) is 1.49. The third kappa shape index (κ3) is 2.81. The summed E-state index contributed by atoms with van der Waals surface area (Å²) in [6.07, 6.45) is 1.82. The van der Waals surface area contributed by atoms with Crippen LogP contribution >= 0.6 is 22.6 Å². The molecule has 1 atom stereocenters. The number of carboxylic acids is 1. The smallest absolute Gasteiger partial charge is 0.320 e. The lowest BCUT2D eigenvalue weighted by Crippen LogP contribution is -2.32. The summed E-state index contributed by atoms with van der Waals surface area (Å²) in [6.45, 7) is 0. The number of hydrogen-bond donors (Lipinski definition) is 3. The van der Waals surface area contributed by atoms with Gasteiger partial charge in [0.25, 0.3) is 0 Å². The van der Waals surface area contributed by atoms with Gasteiger partial charge in [0.1, 0.15) is 11.9 Å². The molecule has 1 aromatic rings. The zero-order valence-corrected chi connectivity index (χ0v) is 9.43. The Morgan fingerprint density at radius 1 is 1.71 bits per heavy atom. The SMILES string of the molecule is Nc1ncc(I)cc1CC(N)C(=O)O. The molecule has 0 aliphatic rings. The van der Waals surface area contributed by atoms with Crippen LogP contribution in [0.25, 0.3) is 0 Å². The number of halogens is 1. The number of anilines is 1. The third-order valence-corrected chi connectivity index (χ3v) is 2.32. The lowest BCUT2D eigenvalue weighted by molar-refractivity contribution is -0.138. The van der Waals surface area contributed by atoms with Crippen molar-refractivity contribution in [3.8, 4) is 0 Å². The number of hydrogen-bond acceptors (Lipinski definition) is 4. The van der Waals surface area contributed by atoms with E-state index in [-0.39, 0.29) is 6.42 Å². The molecule has 0 aliphatic carbocycles. The van der Waals surface area contributed by atoms with Gasteiger partial charge in [0, 0.05) is 16.2 Å². The first kappa shape index (κ1) is 11.2. The summed E-state index contributed by atoms with van der Waals surface area (Å²) in [5, 5.41) is 8.62. The molecule has 5 nitrogen and oxygen atoms in total. The van der Waals surface area contributed by atoms with E-state index in [1.165, 1.54) is 0 Å². The molecule has 14 heavy (non-hydrogen) atoms. The van der Waals surface area contributed by atoms with E-state index in [9.17, 15) is 4.79 Å². The Morgan fingerprint density at radius 3 is 2.93 bits per heavy atom. The van der Waals surface area contributed by atoms with Crippen LogP contribution in [0.2, 0.25) is 0 Å². The Bertz CT molecular complexity index is 356. The van der Waals surface area contributed by atoms with E-state index in [2.05, 4.69) is 27.6 Å². The van der Waals surface area contributed by atoms with Crippen LogP contribution in [-0.4, -0.2) is 22.1 Å². The molecule has 0 radical (unpaired) electrons. The predicted octanol–water partition coefficient (Wildman–Crippen LogP) is 0.223. The lowest BCUT2D eigenvalue weighted by Gasteiger charge is -2.08. The number of nitrogens with two attached hydrogens (primary N) is 2. The van der Waals surface area contributed by atoms with Crippen molar-refractivity contribution >= 4 is 34.4 Å². The quantitative estimate of drug-likeness (QED) is 0.693. The number of carbonyl (C=O) groups is 1. The summed E-state index contributed by atoms with van der Waals surface area (Å²) >= 11 is 2.08. The fourth-order valence-electron chi connectivity index (χ4n) is 0.980. The van der Waals surface area contributed by atoms with E-state index in [4.69, 9.17) is 16.6 Å². The molecule has 0 amide bonds. The van der Waals surface area contributed by atoms with Crippen molar-refractivity contribution in [1.82, 2.24) is 4.98 Å². The van der Waals surface area contributed by atoms with Crippen molar-refractivity contribution in [1.29, 1.82) is 0 Å². The van der Waals surface area contributed by atoms with Crippen molar-refractivity contribution in [3.63, 3.8) is 0 Å². The summed E-state index contributed by atoms with van der Waals surface area (Å²) in [6, 6.07) is 0.850. The molecule has 0 spiro atoms.